The molecule has 0 aliphatic carbocycles. The minimum absolute atomic E-state index is 0.154. The Morgan fingerprint density at radius 3 is 2.39 bits per heavy atom. The number of nitrogen functional groups attached to an aromatic ring is 1. The van der Waals surface area contributed by atoms with Crippen molar-refractivity contribution in [3.05, 3.63) is 62.2 Å². The highest BCUT2D eigenvalue weighted by Crippen LogP contribution is 2.66. The van der Waals surface area contributed by atoms with Crippen LogP contribution < -0.4 is 11.4 Å². The number of nitrogens with zero attached hydrogens (tertiary/aromatic N) is 3. The van der Waals surface area contributed by atoms with Gasteiger partial charge in [-0.15, -0.1) is 0 Å². The van der Waals surface area contributed by atoms with E-state index in [4.69, 9.17) is 25.0 Å². The number of phosphoric acid groups is 3. The van der Waals surface area contributed by atoms with Crippen molar-refractivity contribution < 1.29 is 65.9 Å². The lowest BCUT2D eigenvalue weighted by Crippen LogP contribution is -2.30. The zero-order chi connectivity index (χ0) is 33.3. The number of aliphatic hydroxyl groups is 1. The van der Waals surface area contributed by atoms with Crippen molar-refractivity contribution in [2.75, 3.05) is 12.3 Å². The second-order valence-electron chi connectivity index (χ2n) is 10.5. The average Bonchev–Trinajstić information content (AvgIpc) is 3.21. The summed E-state index contributed by atoms with van der Waals surface area (Å²) in [6.07, 6.45) is -3.86. The molecule has 1 fully saturated rings. The number of benzene rings is 1. The predicted octanol–water partition coefficient (Wildman–Crippen LogP) is 2.03. The maximum absolute atomic E-state index is 12.6. The Labute approximate surface area is 248 Å². The van der Waals surface area contributed by atoms with Crippen molar-refractivity contribution in [1.82, 2.24) is 9.55 Å². The van der Waals surface area contributed by atoms with E-state index in [2.05, 4.69) is 18.1 Å². The van der Waals surface area contributed by atoms with Crippen LogP contribution in [0.1, 0.15) is 50.7 Å². The van der Waals surface area contributed by atoms with Crippen LogP contribution >= 0.6 is 23.5 Å². The van der Waals surface area contributed by atoms with Crippen molar-refractivity contribution in [3.8, 4) is 0 Å². The molecular weight excluding hydrogens is 657 g/mol. The van der Waals surface area contributed by atoms with Crippen LogP contribution in [-0.2, 0) is 42.9 Å². The number of rotatable bonds is 13. The summed E-state index contributed by atoms with van der Waals surface area (Å²) in [7, 11) is -16.8. The smallest absolute Gasteiger partial charge is 0.390 e. The molecule has 0 spiro atoms. The third-order valence-electron chi connectivity index (χ3n) is 6.00. The molecule has 7 N–H and O–H groups in total. The monoisotopic (exact) mass is 688 g/mol. The zero-order valence-electron chi connectivity index (χ0n) is 23.3. The number of aliphatic hydroxyl groups excluding tert-OH is 1. The Hall–Kier alpha value is -2.41. The van der Waals surface area contributed by atoms with Crippen LogP contribution in [0.2, 0.25) is 0 Å². The summed E-state index contributed by atoms with van der Waals surface area (Å²) >= 11 is 0. The van der Waals surface area contributed by atoms with Crippen LogP contribution in [0.25, 0.3) is 0 Å². The Kier molecular flexibility index (Phi) is 11.1. The van der Waals surface area contributed by atoms with Gasteiger partial charge in [-0.1, -0.05) is 32.9 Å². The molecule has 1 aliphatic rings. The van der Waals surface area contributed by atoms with E-state index >= 15 is 0 Å². The molecule has 20 nitrogen and oxygen atoms in total. The first-order valence-electron chi connectivity index (χ1n) is 12.4. The topological polar surface area (TPSA) is 303 Å². The highest BCUT2D eigenvalue weighted by atomic mass is 31.3. The van der Waals surface area contributed by atoms with Crippen molar-refractivity contribution in [1.29, 1.82) is 0 Å². The summed E-state index contributed by atoms with van der Waals surface area (Å²) < 4.78 is 58.6. The van der Waals surface area contributed by atoms with Gasteiger partial charge in [0.2, 0.25) is 0 Å². The third kappa shape index (κ3) is 9.79. The average molecular weight is 688 g/mol. The van der Waals surface area contributed by atoms with Crippen LogP contribution in [0, 0.1) is 15.5 Å². The van der Waals surface area contributed by atoms with Gasteiger partial charge in [-0.3, -0.25) is 19.2 Å². The van der Waals surface area contributed by atoms with Crippen molar-refractivity contribution in [3.63, 3.8) is 0 Å². The Balaban J connectivity index is 1.75. The first kappa shape index (κ1) is 36.1. The molecule has 1 aromatic carbocycles. The van der Waals surface area contributed by atoms with Crippen LogP contribution in [-0.4, -0.2) is 58.0 Å². The molecule has 0 radical (unpaired) electrons. The standard InChI is InChI=1S/C21H31N4O16P3/c1-21(2,3)18(13-6-4-5-7-14(13)25(28)29)37-10-12-9-24(20(27)23-19(12)22)17-8-15(26)16(39-17)11-38-43(33,34)41-44(35,36)40-42(30,31)32/h4-7,9,15-18,26H,8,10-11H2,1-3H3,(H,33,34)(H,35,36)(H2,22,23,27)(H2,30,31,32)/t15-,16-,17-,18?/m1/s1. The van der Waals surface area contributed by atoms with Gasteiger partial charge in [0, 0.05) is 24.2 Å². The van der Waals surface area contributed by atoms with Gasteiger partial charge in [-0.05, 0) is 11.5 Å². The SMILES string of the molecule is CC(C)(C)C(OCc1cn([C@H]2C[C@@H](O)[C@@H](COP(=O)(O)OP(=O)(O)OP(=O)(O)O)O2)c(=O)nc1N)c1ccccc1[N+](=O)[O-]. The van der Waals surface area contributed by atoms with Gasteiger partial charge in [0.1, 0.15) is 18.1 Å². The van der Waals surface area contributed by atoms with Crippen molar-refractivity contribution in [2.45, 2.75) is 58.3 Å². The second kappa shape index (κ2) is 13.5. The second-order valence-corrected chi connectivity index (χ2v) is 15.0. The van der Waals surface area contributed by atoms with Gasteiger partial charge in [0.15, 0.2) is 0 Å². The van der Waals surface area contributed by atoms with E-state index in [1.807, 2.05) is 20.8 Å². The van der Waals surface area contributed by atoms with E-state index in [0.29, 0.717) is 5.56 Å². The number of aromatic nitrogens is 2. The lowest BCUT2D eigenvalue weighted by molar-refractivity contribution is -0.386. The molecule has 44 heavy (non-hydrogen) atoms. The first-order chi connectivity index (χ1) is 20.1. The van der Waals surface area contributed by atoms with Gasteiger partial charge < -0.3 is 39.9 Å². The number of nitro groups is 1. The summed E-state index contributed by atoms with van der Waals surface area (Å²) in [4.78, 5) is 63.6. The van der Waals surface area contributed by atoms with Gasteiger partial charge in [-0.25, -0.2) is 18.5 Å². The molecule has 0 saturated carbocycles. The van der Waals surface area contributed by atoms with Crippen molar-refractivity contribution >= 4 is 35.0 Å². The van der Waals surface area contributed by atoms with E-state index in [1.165, 1.54) is 18.3 Å². The largest absolute Gasteiger partial charge is 0.490 e. The molecule has 23 heteroatoms. The quantitative estimate of drug-likeness (QED) is 0.0996. The molecule has 1 aliphatic heterocycles. The van der Waals surface area contributed by atoms with Gasteiger partial charge >= 0.3 is 29.2 Å². The maximum atomic E-state index is 12.6. The van der Waals surface area contributed by atoms with Crippen LogP contribution in [0.5, 0.6) is 0 Å². The highest BCUT2D eigenvalue weighted by molar-refractivity contribution is 7.66. The molecule has 3 unspecified atom stereocenters. The number of anilines is 1. The Morgan fingerprint density at radius 2 is 1.80 bits per heavy atom. The summed E-state index contributed by atoms with van der Waals surface area (Å²) in [5, 5.41) is 22.0. The Bertz CT molecular complexity index is 1570. The van der Waals surface area contributed by atoms with Crippen LogP contribution in [0.3, 0.4) is 0 Å². The lowest BCUT2D eigenvalue weighted by atomic mass is 9.84. The zero-order valence-corrected chi connectivity index (χ0v) is 26.0. The number of phosphoric ester groups is 1. The van der Waals surface area contributed by atoms with Crippen molar-refractivity contribution in [2.24, 2.45) is 5.41 Å². The Morgan fingerprint density at radius 1 is 1.16 bits per heavy atom. The summed E-state index contributed by atoms with van der Waals surface area (Å²) in [6.45, 7) is 4.24. The molecule has 2 heterocycles. The fourth-order valence-electron chi connectivity index (χ4n) is 4.20. The van der Waals surface area contributed by atoms with Crippen LogP contribution in [0.15, 0.2) is 35.3 Å². The number of para-hydroxylation sites is 1. The highest BCUT2D eigenvalue weighted by Gasteiger charge is 2.43. The van der Waals surface area contributed by atoms with E-state index < -0.39 is 70.6 Å². The summed E-state index contributed by atoms with van der Waals surface area (Å²) in [6, 6.07) is 6.05. The van der Waals surface area contributed by atoms with E-state index in [-0.39, 0.29) is 30.1 Å². The molecule has 0 bridgehead atoms. The fraction of sp³-hybridized carbons (Fsp3) is 0.524. The van der Waals surface area contributed by atoms with E-state index in [1.54, 1.807) is 12.1 Å². The lowest BCUT2D eigenvalue weighted by Gasteiger charge is -2.31. The molecular formula is C21H31N4O16P3. The maximum Gasteiger partial charge on any atom is 0.490 e. The molecule has 1 saturated heterocycles. The third-order valence-corrected chi connectivity index (χ3v) is 9.80. The minimum Gasteiger partial charge on any atom is -0.390 e. The van der Waals surface area contributed by atoms with E-state index in [9.17, 15) is 43.5 Å². The molecule has 2 aromatic rings. The summed E-state index contributed by atoms with van der Waals surface area (Å²) in [5.41, 5.74) is 4.76. The predicted molar refractivity (Wildman–Crippen MR) is 147 cm³/mol. The number of nitro benzene ring substituents is 1. The number of hydrogen-bond donors (Lipinski definition) is 6. The molecule has 0 amide bonds. The van der Waals surface area contributed by atoms with E-state index in [0.717, 1.165) is 4.57 Å². The normalized spacial score (nSPS) is 22.7. The minimum atomic E-state index is -5.76. The number of hydrogen-bond acceptors (Lipinski definition) is 14. The fourth-order valence-corrected chi connectivity index (χ4v) is 7.23. The summed E-state index contributed by atoms with van der Waals surface area (Å²) in [5.74, 6) is -0.204. The number of nitrogens with two attached hydrogens (primary N) is 1. The van der Waals surface area contributed by atoms with Crippen LogP contribution in [0.4, 0.5) is 11.5 Å². The van der Waals surface area contributed by atoms with Gasteiger partial charge in [-0.2, -0.15) is 13.6 Å². The molecule has 246 valence electrons. The molecule has 6 atom stereocenters. The first-order valence-corrected chi connectivity index (χ1v) is 16.9. The van der Waals surface area contributed by atoms with Gasteiger partial charge in [0.05, 0.1) is 35.9 Å². The molecule has 1 aromatic heterocycles. The number of ether oxygens (including phenoxy) is 2. The van der Waals surface area contributed by atoms with Gasteiger partial charge in [0.25, 0.3) is 5.69 Å². The molecule has 3 rings (SSSR count).